The van der Waals surface area contributed by atoms with Crippen LogP contribution >= 0.6 is 12.4 Å². The lowest BCUT2D eigenvalue weighted by atomic mass is 10.0. The molecule has 0 aliphatic carbocycles. The van der Waals surface area contributed by atoms with E-state index in [9.17, 15) is 0 Å². The van der Waals surface area contributed by atoms with Gasteiger partial charge in [0, 0.05) is 50.0 Å². The third kappa shape index (κ3) is 4.63. The number of halogens is 1. The molecule has 1 aliphatic heterocycles. The zero-order valence-electron chi connectivity index (χ0n) is 15.8. The Morgan fingerprint density at radius 2 is 1.96 bits per heavy atom. The van der Waals surface area contributed by atoms with Crippen molar-refractivity contribution in [3.63, 3.8) is 0 Å². The summed E-state index contributed by atoms with van der Waals surface area (Å²) in [6.45, 7) is 12.8. The van der Waals surface area contributed by atoms with Crippen molar-refractivity contribution in [3.05, 3.63) is 52.8 Å². The number of piperazine rings is 1. The molecule has 0 radical (unpaired) electrons. The van der Waals surface area contributed by atoms with Crippen LogP contribution in [0.15, 0.2) is 30.5 Å². The Balaban J connectivity index is 0.00000225. The number of nitrogens with one attached hydrogen (secondary N) is 1. The largest absolute Gasteiger partial charge is 0.314 e. The number of nitrogens with zero attached hydrogens (tertiary/aromatic N) is 3. The predicted octanol–water partition coefficient (Wildman–Crippen LogP) is 3.90. The standard InChI is InChI=1S/C20H30N4.ClH/c1-5-17-6-8-18(9-7-17)20-12-21-10-11-23(20)13-19-14-24(15(2)3)22-16(19)4;/h6-9,14-15,20-21H,5,10-13H2,1-4H3;1H. The Bertz CT molecular complexity index is 663. The number of aryl methyl sites for hydroxylation is 2. The van der Waals surface area contributed by atoms with Crippen LogP contribution in [0.2, 0.25) is 0 Å². The van der Waals surface area contributed by atoms with Crippen molar-refractivity contribution >= 4 is 12.4 Å². The molecule has 0 spiro atoms. The van der Waals surface area contributed by atoms with Crippen molar-refractivity contribution in [1.29, 1.82) is 0 Å². The predicted molar refractivity (Wildman–Crippen MR) is 106 cm³/mol. The van der Waals surface area contributed by atoms with E-state index in [1.165, 1.54) is 16.7 Å². The van der Waals surface area contributed by atoms with E-state index in [1.807, 2.05) is 0 Å². The number of rotatable bonds is 5. The molecule has 1 N–H and O–H groups in total. The molecule has 4 nitrogen and oxygen atoms in total. The Labute approximate surface area is 158 Å². The molecule has 2 heterocycles. The van der Waals surface area contributed by atoms with E-state index in [2.05, 4.69) is 78.2 Å². The summed E-state index contributed by atoms with van der Waals surface area (Å²) in [6.07, 6.45) is 3.32. The van der Waals surface area contributed by atoms with Crippen LogP contribution in [0.3, 0.4) is 0 Å². The van der Waals surface area contributed by atoms with Gasteiger partial charge in [-0.05, 0) is 38.3 Å². The molecule has 138 valence electrons. The Hall–Kier alpha value is -1.36. The van der Waals surface area contributed by atoms with Gasteiger partial charge in [0.25, 0.3) is 0 Å². The minimum Gasteiger partial charge on any atom is -0.314 e. The van der Waals surface area contributed by atoms with Gasteiger partial charge in [0.1, 0.15) is 0 Å². The highest BCUT2D eigenvalue weighted by molar-refractivity contribution is 5.85. The van der Waals surface area contributed by atoms with Crippen molar-refractivity contribution in [3.8, 4) is 0 Å². The van der Waals surface area contributed by atoms with Crippen molar-refractivity contribution in [2.45, 2.75) is 52.7 Å². The lowest BCUT2D eigenvalue weighted by molar-refractivity contribution is 0.153. The zero-order chi connectivity index (χ0) is 17.1. The van der Waals surface area contributed by atoms with Gasteiger partial charge in [0.2, 0.25) is 0 Å². The second-order valence-electron chi connectivity index (χ2n) is 7.10. The molecule has 0 amide bonds. The summed E-state index contributed by atoms with van der Waals surface area (Å²) in [5.74, 6) is 0. The summed E-state index contributed by atoms with van der Waals surface area (Å²) < 4.78 is 2.08. The lowest BCUT2D eigenvalue weighted by Crippen LogP contribution is -2.45. The van der Waals surface area contributed by atoms with Gasteiger partial charge in [0.05, 0.1) is 5.69 Å². The van der Waals surface area contributed by atoms with Gasteiger partial charge in [0.15, 0.2) is 0 Å². The molecule has 1 fully saturated rings. The highest BCUT2D eigenvalue weighted by Crippen LogP contribution is 2.25. The minimum absolute atomic E-state index is 0. The second kappa shape index (κ2) is 8.84. The molecule has 1 aliphatic rings. The van der Waals surface area contributed by atoms with Gasteiger partial charge < -0.3 is 5.32 Å². The van der Waals surface area contributed by atoms with Gasteiger partial charge in [-0.1, -0.05) is 31.2 Å². The average Bonchev–Trinajstić information content (AvgIpc) is 2.97. The molecule has 5 heteroatoms. The van der Waals surface area contributed by atoms with Crippen LogP contribution in [0.25, 0.3) is 0 Å². The molecule has 1 atom stereocenters. The van der Waals surface area contributed by atoms with Crippen LogP contribution in [0.5, 0.6) is 0 Å². The zero-order valence-corrected chi connectivity index (χ0v) is 16.6. The molecule has 0 bridgehead atoms. The molecule has 3 rings (SSSR count). The van der Waals surface area contributed by atoms with Crippen molar-refractivity contribution in [2.75, 3.05) is 19.6 Å². The smallest absolute Gasteiger partial charge is 0.0638 e. The topological polar surface area (TPSA) is 33.1 Å². The van der Waals surface area contributed by atoms with E-state index in [0.29, 0.717) is 12.1 Å². The van der Waals surface area contributed by atoms with Crippen LogP contribution in [0.4, 0.5) is 0 Å². The quantitative estimate of drug-likeness (QED) is 0.875. The molecular formula is C20H31ClN4. The molecule has 25 heavy (non-hydrogen) atoms. The maximum atomic E-state index is 4.67. The van der Waals surface area contributed by atoms with Crippen LogP contribution in [-0.4, -0.2) is 34.3 Å². The fourth-order valence-electron chi connectivity index (χ4n) is 3.40. The van der Waals surface area contributed by atoms with Gasteiger partial charge in [-0.3, -0.25) is 9.58 Å². The number of hydrogen-bond donors (Lipinski definition) is 1. The van der Waals surface area contributed by atoms with Crippen LogP contribution in [0, 0.1) is 6.92 Å². The molecule has 1 aromatic carbocycles. The van der Waals surface area contributed by atoms with Crippen molar-refractivity contribution < 1.29 is 0 Å². The third-order valence-corrected chi connectivity index (χ3v) is 5.05. The molecule has 1 unspecified atom stereocenters. The first kappa shape index (κ1) is 20.0. The van der Waals surface area contributed by atoms with Crippen LogP contribution < -0.4 is 5.32 Å². The minimum atomic E-state index is 0. The number of aromatic nitrogens is 2. The first-order valence-electron chi connectivity index (χ1n) is 9.16. The third-order valence-electron chi connectivity index (χ3n) is 5.05. The summed E-state index contributed by atoms with van der Waals surface area (Å²) in [7, 11) is 0. The Kier molecular flexibility index (Phi) is 7.05. The van der Waals surface area contributed by atoms with Crippen LogP contribution in [-0.2, 0) is 13.0 Å². The Morgan fingerprint density at radius 1 is 1.24 bits per heavy atom. The van der Waals surface area contributed by atoms with E-state index >= 15 is 0 Å². The highest BCUT2D eigenvalue weighted by atomic mass is 35.5. The maximum Gasteiger partial charge on any atom is 0.0638 e. The van der Waals surface area contributed by atoms with E-state index in [0.717, 1.165) is 38.3 Å². The monoisotopic (exact) mass is 362 g/mol. The summed E-state index contributed by atoms with van der Waals surface area (Å²) in [5.41, 5.74) is 5.32. The molecule has 2 aromatic rings. The molecular weight excluding hydrogens is 332 g/mol. The lowest BCUT2D eigenvalue weighted by Gasteiger charge is -2.36. The molecule has 1 aromatic heterocycles. The summed E-state index contributed by atoms with van der Waals surface area (Å²) in [5, 5.41) is 8.22. The fraction of sp³-hybridized carbons (Fsp3) is 0.550. The van der Waals surface area contributed by atoms with Crippen LogP contribution in [0.1, 0.15) is 55.2 Å². The SMILES string of the molecule is CCc1ccc(C2CNCCN2Cc2cn(C(C)C)nc2C)cc1.Cl. The van der Waals surface area contributed by atoms with Crippen molar-refractivity contribution in [1.82, 2.24) is 20.0 Å². The van der Waals surface area contributed by atoms with E-state index in [4.69, 9.17) is 0 Å². The van der Waals surface area contributed by atoms with E-state index in [-0.39, 0.29) is 12.4 Å². The van der Waals surface area contributed by atoms with Gasteiger partial charge >= 0.3 is 0 Å². The second-order valence-corrected chi connectivity index (χ2v) is 7.10. The molecule has 1 saturated heterocycles. The molecule has 0 saturated carbocycles. The number of benzene rings is 1. The first-order chi connectivity index (χ1) is 11.6. The summed E-state index contributed by atoms with van der Waals surface area (Å²) >= 11 is 0. The summed E-state index contributed by atoms with van der Waals surface area (Å²) in [6, 6.07) is 9.99. The highest BCUT2D eigenvalue weighted by Gasteiger charge is 2.24. The van der Waals surface area contributed by atoms with E-state index in [1.54, 1.807) is 0 Å². The fourth-order valence-corrected chi connectivity index (χ4v) is 3.40. The maximum absolute atomic E-state index is 4.67. The average molecular weight is 363 g/mol. The normalized spacial score (nSPS) is 18.4. The first-order valence-corrected chi connectivity index (χ1v) is 9.16. The van der Waals surface area contributed by atoms with Gasteiger partial charge in [-0.25, -0.2) is 0 Å². The van der Waals surface area contributed by atoms with Gasteiger partial charge in [-0.2, -0.15) is 5.10 Å². The Morgan fingerprint density at radius 3 is 2.56 bits per heavy atom. The van der Waals surface area contributed by atoms with E-state index < -0.39 is 0 Å². The number of hydrogen-bond acceptors (Lipinski definition) is 3. The van der Waals surface area contributed by atoms with Crippen molar-refractivity contribution in [2.24, 2.45) is 0 Å². The summed E-state index contributed by atoms with van der Waals surface area (Å²) in [4.78, 5) is 2.59. The van der Waals surface area contributed by atoms with Gasteiger partial charge in [-0.15, -0.1) is 12.4 Å².